The van der Waals surface area contributed by atoms with Crippen LogP contribution in [0.25, 0.3) is 0 Å². The average molecular weight is 273 g/mol. The van der Waals surface area contributed by atoms with Crippen molar-refractivity contribution in [3.05, 3.63) is 27.7 Å². The summed E-state index contributed by atoms with van der Waals surface area (Å²) in [5.41, 5.74) is 1.95. The van der Waals surface area contributed by atoms with Gasteiger partial charge in [0.1, 0.15) is 0 Å². The molecule has 1 saturated heterocycles. The van der Waals surface area contributed by atoms with Gasteiger partial charge in [0, 0.05) is 11.6 Å². The van der Waals surface area contributed by atoms with Crippen LogP contribution in [0.4, 0.5) is 5.69 Å². The van der Waals surface area contributed by atoms with E-state index in [4.69, 9.17) is 23.2 Å². The zero-order chi connectivity index (χ0) is 12.3. The summed E-state index contributed by atoms with van der Waals surface area (Å²) < 4.78 is 0. The number of halogens is 2. The molecule has 4 heteroatoms. The molecule has 17 heavy (non-hydrogen) atoms. The van der Waals surface area contributed by atoms with E-state index in [2.05, 4.69) is 10.6 Å². The normalized spacial score (nSPS) is 20.3. The Bertz CT molecular complexity index is 387. The van der Waals surface area contributed by atoms with E-state index in [1.54, 1.807) is 0 Å². The first kappa shape index (κ1) is 13.0. The summed E-state index contributed by atoms with van der Waals surface area (Å²) in [6.07, 6.45) is 2.53. The van der Waals surface area contributed by atoms with Crippen LogP contribution in [0.3, 0.4) is 0 Å². The van der Waals surface area contributed by atoms with E-state index in [9.17, 15) is 0 Å². The molecule has 2 nitrogen and oxygen atoms in total. The van der Waals surface area contributed by atoms with Gasteiger partial charge in [-0.2, -0.15) is 0 Å². The number of benzene rings is 1. The van der Waals surface area contributed by atoms with Crippen LogP contribution < -0.4 is 10.6 Å². The third-order valence-electron chi connectivity index (χ3n) is 3.23. The van der Waals surface area contributed by atoms with Crippen molar-refractivity contribution in [3.63, 3.8) is 0 Å². The highest BCUT2D eigenvalue weighted by Gasteiger charge is 2.13. The van der Waals surface area contributed by atoms with E-state index in [1.807, 2.05) is 19.1 Å². The zero-order valence-electron chi connectivity index (χ0n) is 10.0. The average Bonchev–Trinajstić information content (AvgIpc) is 2.33. The van der Waals surface area contributed by atoms with Gasteiger partial charge in [0.05, 0.1) is 10.7 Å². The fraction of sp³-hybridized carbons (Fsp3) is 0.538. The first-order valence-electron chi connectivity index (χ1n) is 6.07. The predicted molar refractivity (Wildman–Crippen MR) is 75.3 cm³/mol. The monoisotopic (exact) mass is 272 g/mol. The van der Waals surface area contributed by atoms with Gasteiger partial charge in [0.15, 0.2) is 0 Å². The van der Waals surface area contributed by atoms with Gasteiger partial charge >= 0.3 is 0 Å². The van der Waals surface area contributed by atoms with Crippen LogP contribution in [-0.2, 0) is 0 Å². The van der Waals surface area contributed by atoms with Crippen molar-refractivity contribution in [1.29, 1.82) is 0 Å². The predicted octanol–water partition coefficient (Wildman–Crippen LogP) is 3.71. The van der Waals surface area contributed by atoms with Crippen molar-refractivity contribution in [3.8, 4) is 0 Å². The molecule has 94 valence electrons. The lowest BCUT2D eigenvalue weighted by atomic mass is 10.00. The Morgan fingerprint density at radius 2 is 2.18 bits per heavy atom. The molecule has 1 atom stereocenters. The van der Waals surface area contributed by atoms with E-state index in [-0.39, 0.29) is 0 Å². The van der Waals surface area contributed by atoms with Gasteiger partial charge < -0.3 is 10.6 Å². The van der Waals surface area contributed by atoms with Gasteiger partial charge in [0.25, 0.3) is 0 Å². The lowest BCUT2D eigenvalue weighted by Gasteiger charge is -2.23. The SMILES string of the molecule is Cc1cc(Cl)c(NCC2CCCNC2)cc1Cl. The maximum Gasteiger partial charge on any atom is 0.0641 e. The van der Waals surface area contributed by atoms with Crippen LogP contribution in [0, 0.1) is 12.8 Å². The standard InChI is InChI=1S/C13H18Cl2N2/c1-9-5-12(15)13(6-11(9)14)17-8-10-3-2-4-16-7-10/h5-6,10,16-17H,2-4,7-8H2,1H3. The molecule has 2 N–H and O–H groups in total. The molecule has 1 aromatic carbocycles. The van der Waals surface area contributed by atoms with Crippen molar-refractivity contribution in [2.24, 2.45) is 5.92 Å². The molecule has 0 amide bonds. The van der Waals surface area contributed by atoms with Crippen LogP contribution in [0.5, 0.6) is 0 Å². The minimum atomic E-state index is 0.680. The molecule has 1 aliphatic rings. The van der Waals surface area contributed by atoms with E-state index in [0.29, 0.717) is 5.92 Å². The summed E-state index contributed by atoms with van der Waals surface area (Å²) >= 11 is 12.3. The number of rotatable bonds is 3. The summed E-state index contributed by atoms with van der Waals surface area (Å²) in [5, 5.41) is 8.31. The topological polar surface area (TPSA) is 24.1 Å². The van der Waals surface area contributed by atoms with Crippen LogP contribution in [0.1, 0.15) is 18.4 Å². The fourth-order valence-electron chi connectivity index (χ4n) is 2.13. The number of aryl methyl sites for hydroxylation is 1. The summed E-state index contributed by atoms with van der Waals surface area (Å²) in [5.74, 6) is 0.680. The van der Waals surface area contributed by atoms with Crippen molar-refractivity contribution in [2.75, 3.05) is 25.0 Å². The molecule has 0 aromatic heterocycles. The van der Waals surface area contributed by atoms with Gasteiger partial charge in [-0.05, 0) is 56.5 Å². The third-order valence-corrected chi connectivity index (χ3v) is 3.95. The zero-order valence-corrected chi connectivity index (χ0v) is 11.5. The van der Waals surface area contributed by atoms with Gasteiger partial charge in [-0.25, -0.2) is 0 Å². The van der Waals surface area contributed by atoms with E-state index < -0.39 is 0 Å². The van der Waals surface area contributed by atoms with Gasteiger partial charge in [-0.15, -0.1) is 0 Å². The number of anilines is 1. The first-order chi connectivity index (χ1) is 8.16. The van der Waals surface area contributed by atoms with Gasteiger partial charge in [-0.3, -0.25) is 0 Å². The van der Waals surface area contributed by atoms with E-state index in [1.165, 1.54) is 12.8 Å². The molecule has 1 heterocycles. The van der Waals surface area contributed by atoms with Crippen LogP contribution >= 0.6 is 23.2 Å². The second-order valence-electron chi connectivity index (χ2n) is 4.67. The second-order valence-corrected chi connectivity index (χ2v) is 5.49. The molecule has 1 unspecified atom stereocenters. The Morgan fingerprint density at radius 1 is 1.35 bits per heavy atom. The Balaban J connectivity index is 1.96. The van der Waals surface area contributed by atoms with Crippen LogP contribution in [-0.4, -0.2) is 19.6 Å². The summed E-state index contributed by atoms with van der Waals surface area (Å²) in [6, 6.07) is 3.82. The van der Waals surface area contributed by atoms with E-state index in [0.717, 1.165) is 40.9 Å². The Labute approximate surface area is 113 Å². The highest BCUT2D eigenvalue weighted by atomic mass is 35.5. The molecule has 1 aromatic rings. The number of nitrogens with one attached hydrogen (secondary N) is 2. The summed E-state index contributed by atoms with van der Waals surface area (Å²) in [7, 11) is 0. The lowest BCUT2D eigenvalue weighted by molar-refractivity contribution is 0.393. The number of hydrogen-bond acceptors (Lipinski definition) is 2. The Morgan fingerprint density at radius 3 is 2.88 bits per heavy atom. The maximum atomic E-state index is 6.18. The summed E-state index contributed by atoms with van der Waals surface area (Å²) in [4.78, 5) is 0. The molecular formula is C13H18Cl2N2. The van der Waals surface area contributed by atoms with Gasteiger partial charge in [-0.1, -0.05) is 23.2 Å². The Hall–Kier alpha value is -0.440. The van der Waals surface area contributed by atoms with Crippen molar-refractivity contribution in [2.45, 2.75) is 19.8 Å². The second kappa shape index (κ2) is 5.94. The molecule has 0 spiro atoms. The quantitative estimate of drug-likeness (QED) is 0.877. The Kier molecular flexibility index (Phi) is 4.55. The molecule has 0 aliphatic carbocycles. The first-order valence-corrected chi connectivity index (χ1v) is 6.82. The maximum absolute atomic E-state index is 6.18. The molecule has 0 saturated carbocycles. The molecule has 2 rings (SSSR count). The van der Waals surface area contributed by atoms with Crippen molar-refractivity contribution in [1.82, 2.24) is 5.32 Å². The lowest BCUT2D eigenvalue weighted by Crippen LogP contribution is -2.33. The number of hydrogen-bond donors (Lipinski definition) is 2. The minimum absolute atomic E-state index is 0.680. The fourth-order valence-corrected chi connectivity index (χ4v) is 2.58. The molecule has 1 aliphatic heterocycles. The third kappa shape index (κ3) is 3.51. The molecule has 1 fully saturated rings. The van der Waals surface area contributed by atoms with Crippen LogP contribution in [0.2, 0.25) is 10.0 Å². The smallest absolute Gasteiger partial charge is 0.0641 e. The van der Waals surface area contributed by atoms with Gasteiger partial charge in [0.2, 0.25) is 0 Å². The molecule has 0 bridgehead atoms. The van der Waals surface area contributed by atoms with Crippen molar-refractivity contribution < 1.29 is 0 Å². The van der Waals surface area contributed by atoms with E-state index >= 15 is 0 Å². The van der Waals surface area contributed by atoms with Crippen LogP contribution in [0.15, 0.2) is 12.1 Å². The minimum Gasteiger partial charge on any atom is -0.383 e. The summed E-state index contributed by atoms with van der Waals surface area (Å²) in [6.45, 7) is 5.15. The van der Waals surface area contributed by atoms with Crippen molar-refractivity contribution >= 4 is 28.9 Å². The molecule has 0 radical (unpaired) electrons. The number of piperidine rings is 1. The highest BCUT2D eigenvalue weighted by molar-refractivity contribution is 6.35. The largest absolute Gasteiger partial charge is 0.383 e. The highest BCUT2D eigenvalue weighted by Crippen LogP contribution is 2.29. The molecular weight excluding hydrogens is 255 g/mol.